The number of alkyl halides is 3. The Labute approximate surface area is 178 Å². The first-order valence-corrected chi connectivity index (χ1v) is 9.22. The first kappa shape index (κ1) is 21.0. The fourth-order valence-electron chi connectivity index (χ4n) is 2.50. The van der Waals surface area contributed by atoms with E-state index in [0.717, 1.165) is 18.2 Å². The van der Waals surface area contributed by atoms with Crippen molar-refractivity contribution in [1.82, 2.24) is 14.8 Å². The normalized spacial score (nSPS) is 13.2. The van der Waals surface area contributed by atoms with Gasteiger partial charge in [0.15, 0.2) is 0 Å². The lowest BCUT2D eigenvalue weighted by Gasteiger charge is -2.18. The number of halogens is 7. The molecule has 0 amide bonds. The highest BCUT2D eigenvalue weighted by atomic mass is 35.5. The molecule has 3 nitrogen and oxygen atoms in total. The minimum Gasteiger partial charge on any atom is -0.223 e. The van der Waals surface area contributed by atoms with Gasteiger partial charge in [-0.3, -0.25) is 0 Å². The lowest BCUT2D eigenvalue weighted by molar-refractivity contribution is -0.139. The van der Waals surface area contributed by atoms with Crippen molar-refractivity contribution >= 4 is 52.5 Å². The van der Waals surface area contributed by atoms with E-state index in [1.165, 1.54) is 23.4 Å². The van der Waals surface area contributed by atoms with Crippen molar-refractivity contribution in [3.63, 3.8) is 0 Å². The van der Waals surface area contributed by atoms with Gasteiger partial charge in [-0.2, -0.15) is 18.3 Å². The maximum atomic E-state index is 13.6. The molecule has 0 saturated carbocycles. The summed E-state index contributed by atoms with van der Waals surface area (Å²) in [7, 11) is 0. The molecule has 1 unspecified atom stereocenters. The van der Waals surface area contributed by atoms with Gasteiger partial charge in [0.05, 0.1) is 26.7 Å². The third-order valence-electron chi connectivity index (χ3n) is 3.85. The Hall–Kier alpha value is -1.73. The fourth-order valence-corrected chi connectivity index (χ4v) is 3.35. The van der Waals surface area contributed by atoms with Crippen LogP contribution in [0.5, 0.6) is 0 Å². The summed E-state index contributed by atoms with van der Waals surface area (Å²) in [5.74, 6) is -1.94. The fraction of sp³-hybridized carbons (Fsp3) is 0.111. The molecule has 0 spiro atoms. The van der Waals surface area contributed by atoms with E-state index in [1.54, 1.807) is 18.2 Å². The van der Waals surface area contributed by atoms with Crippen molar-refractivity contribution in [2.45, 2.75) is 12.1 Å². The Bertz CT molecular complexity index is 994. The summed E-state index contributed by atoms with van der Waals surface area (Å²) in [5, 5.41) is 4.13. The SMILES string of the molecule is FC(F)(F)C(/C=C/c1ccc(-n2cncn2)cc1Cl)c1cc(Cl)c(Cl)c(Cl)c1. The van der Waals surface area contributed by atoms with Crippen LogP contribution in [0.2, 0.25) is 20.1 Å². The molecule has 1 atom stereocenters. The van der Waals surface area contributed by atoms with Crippen LogP contribution in [-0.2, 0) is 0 Å². The highest BCUT2D eigenvalue weighted by Gasteiger charge is 2.39. The summed E-state index contributed by atoms with van der Waals surface area (Å²) in [5.41, 5.74) is 0.910. The van der Waals surface area contributed by atoms with Gasteiger partial charge in [-0.15, -0.1) is 0 Å². The summed E-state index contributed by atoms with van der Waals surface area (Å²) in [6.07, 6.45) is 0.561. The van der Waals surface area contributed by atoms with Crippen LogP contribution in [0.25, 0.3) is 11.8 Å². The van der Waals surface area contributed by atoms with Crippen molar-refractivity contribution in [2.24, 2.45) is 0 Å². The van der Waals surface area contributed by atoms with Crippen LogP contribution >= 0.6 is 46.4 Å². The van der Waals surface area contributed by atoms with E-state index in [0.29, 0.717) is 11.3 Å². The van der Waals surface area contributed by atoms with Gasteiger partial charge in [0.25, 0.3) is 0 Å². The molecule has 2 aromatic carbocycles. The van der Waals surface area contributed by atoms with Crippen LogP contribution in [0, 0.1) is 0 Å². The largest absolute Gasteiger partial charge is 0.399 e. The van der Waals surface area contributed by atoms with Gasteiger partial charge < -0.3 is 0 Å². The summed E-state index contributed by atoms with van der Waals surface area (Å²) >= 11 is 23.8. The monoisotopic (exact) mass is 465 g/mol. The van der Waals surface area contributed by atoms with Crippen LogP contribution in [0.3, 0.4) is 0 Å². The zero-order chi connectivity index (χ0) is 20.5. The van der Waals surface area contributed by atoms with Crippen LogP contribution in [0.4, 0.5) is 13.2 Å². The van der Waals surface area contributed by atoms with Gasteiger partial charge in [0.2, 0.25) is 0 Å². The molecule has 3 rings (SSSR count). The molecule has 0 N–H and O–H groups in total. The van der Waals surface area contributed by atoms with E-state index in [-0.39, 0.29) is 25.7 Å². The average molecular weight is 467 g/mol. The van der Waals surface area contributed by atoms with Crippen LogP contribution in [0.15, 0.2) is 49.1 Å². The zero-order valence-corrected chi connectivity index (χ0v) is 16.8. The Morgan fingerprint density at radius 3 is 2.18 bits per heavy atom. The van der Waals surface area contributed by atoms with Crippen molar-refractivity contribution in [3.8, 4) is 5.69 Å². The van der Waals surface area contributed by atoms with Gasteiger partial charge in [0, 0.05) is 5.02 Å². The number of benzene rings is 2. The molecule has 146 valence electrons. The summed E-state index contributed by atoms with van der Waals surface area (Å²) in [6.45, 7) is 0. The van der Waals surface area contributed by atoms with Crippen molar-refractivity contribution in [2.75, 3.05) is 0 Å². The molecule has 28 heavy (non-hydrogen) atoms. The Balaban J connectivity index is 1.95. The van der Waals surface area contributed by atoms with E-state index in [1.807, 2.05) is 0 Å². The molecular weight excluding hydrogens is 457 g/mol. The first-order chi connectivity index (χ1) is 13.2. The van der Waals surface area contributed by atoms with E-state index in [2.05, 4.69) is 10.1 Å². The molecule has 1 heterocycles. The summed E-state index contributed by atoms with van der Waals surface area (Å²) in [6, 6.07) is 7.12. The third-order valence-corrected chi connectivity index (χ3v) is 5.38. The zero-order valence-electron chi connectivity index (χ0n) is 13.8. The highest BCUT2D eigenvalue weighted by molar-refractivity contribution is 6.48. The standard InChI is InChI=1S/C18H10Cl4F3N3/c19-14-7-12(28-9-26-8-27-28)3-1-10(14)2-4-13(18(23,24)25)11-5-15(20)17(22)16(21)6-11/h1-9,13H/b4-2+. The first-order valence-electron chi connectivity index (χ1n) is 7.70. The maximum absolute atomic E-state index is 13.6. The number of nitrogens with zero attached hydrogens (tertiary/aromatic N) is 3. The molecular formula is C18H10Cl4F3N3. The number of hydrogen-bond acceptors (Lipinski definition) is 2. The van der Waals surface area contributed by atoms with Crippen LogP contribution < -0.4 is 0 Å². The average Bonchev–Trinajstić information content (AvgIpc) is 3.14. The quantitative estimate of drug-likeness (QED) is 0.379. The minimum atomic E-state index is -4.57. The van der Waals surface area contributed by atoms with Crippen LogP contribution in [0.1, 0.15) is 17.0 Å². The summed E-state index contributed by atoms with van der Waals surface area (Å²) in [4.78, 5) is 3.83. The van der Waals surface area contributed by atoms with Crippen LogP contribution in [-0.4, -0.2) is 20.9 Å². The van der Waals surface area contributed by atoms with Gasteiger partial charge in [-0.25, -0.2) is 9.67 Å². The Morgan fingerprint density at radius 2 is 1.64 bits per heavy atom. The molecule has 0 fully saturated rings. The number of hydrogen-bond donors (Lipinski definition) is 0. The molecule has 0 radical (unpaired) electrons. The molecule has 10 heteroatoms. The Kier molecular flexibility index (Phi) is 6.25. The van der Waals surface area contributed by atoms with Crippen molar-refractivity contribution in [1.29, 1.82) is 0 Å². The predicted molar refractivity (Wildman–Crippen MR) is 106 cm³/mol. The molecule has 0 aliphatic rings. The molecule has 1 aromatic heterocycles. The molecule has 0 aliphatic heterocycles. The minimum absolute atomic E-state index is 0.00346. The number of aromatic nitrogens is 3. The van der Waals surface area contributed by atoms with E-state index >= 15 is 0 Å². The molecule has 3 aromatic rings. The third kappa shape index (κ3) is 4.63. The second kappa shape index (κ2) is 8.33. The van der Waals surface area contributed by atoms with Crippen molar-refractivity contribution in [3.05, 3.63) is 80.3 Å². The topological polar surface area (TPSA) is 30.7 Å². The molecule has 0 saturated heterocycles. The van der Waals surface area contributed by atoms with E-state index in [9.17, 15) is 13.2 Å². The van der Waals surface area contributed by atoms with Gasteiger partial charge in [0.1, 0.15) is 12.7 Å². The molecule has 0 bridgehead atoms. The number of rotatable bonds is 4. The second-order valence-electron chi connectivity index (χ2n) is 5.72. The smallest absolute Gasteiger partial charge is 0.223 e. The second-order valence-corrected chi connectivity index (χ2v) is 7.32. The van der Waals surface area contributed by atoms with Gasteiger partial charge in [-0.05, 0) is 35.4 Å². The van der Waals surface area contributed by atoms with Crippen molar-refractivity contribution < 1.29 is 13.2 Å². The summed E-state index contributed by atoms with van der Waals surface area (Å²) < 4.78 is 42.3. The van der Waals surface area contributed by atoms with Gasteiger partial charge in [-0.1, -0.05) is 64.6 Å². The van der Waals surface area contributed by atoms with E-state index in [4.69, 9.17) is 46.4 Å². The Morgan fingerprint density at radius 1 is 0.964 bits per heavy atom. The lowest BCUT2D eigenvalue weighted by Crippen LogP contribution is -2.19. The lowest BCUT2D eigenvalue weighted by atomic mass is 9.97. The molecule has 0 aliphatic carbocycles. The van der Waals surface area contributed by atoms with E-state index < -0.39 is 12.1 Å². The predicted octanol–water partition coefficient (Wildman–Crippen LogP) is 7.24. The maximum Gasteiger partial charge on any atom is 0.399 e. The number of allylic oxidation sites excluding steroid dienone is 1. The van der Waals surface area contributed by atoms with Gasteiger partial charge >= 0.3 is 6.18 Å². The highest BCUT2D eigenvalue weighted by Crippen LogP contribution is 2.41.